The summed E-state index contributed by atoms with van der Waals surface area (Å²) in [5, 5.41) is 9.59. The van der Waals surface area contributed by atoms with E-state index in [-0.39, 0.29) is 45.6 Å². The summed E-state index contributed by atoms with van der Waals surface area (Å²) in [7, 11) is 0. The molecule has 11 atom stereocenters. The van der Waals surface area contributed by atoms with Crippen LogP contribution in [0.5, 0.6) is 0 Å². The molecule has 270 valence electrons. The van der Waals surface area contributed by atoms with Crippen LogP contribution in [0.2, 0.25) is 0 Å². The lowest BCUT2D eigenvalue weighted by atomic mass is 9.32. The second-order valence-corrected chi connectivity index (χ2v) is 19.8. The van der Waals surface area contributed by atoms with Gasteiger partial charge in [0.1, 0.15) is 6.10 Å². The van der Waals surface area contributed by atoms with Gasteiger partial charge in [0.2, 0.25) is 5.91 Å². The highest BCUT2D eigenvalue weighted by atomic mass is 16.5. The summed E-state index contributed by atoms with van der Waals surface area (Å²) < 4.78 is 6.17. The summed E-state index contributed by atoms with van der Waals surface area (Å²) in [6.45, 7) is 24.0. The third-order valence-corrected chi connectivity index (χ3v) is 16.7. The van der Waals surface area contributed by atoms with Gasteiger partial charge in [-0.1, -0.05) is 46.8 Å². The molecule has 5 aliphatic carbocycles. The molecule has 1 amide bonds. The minimum atomic E-state index is -1.14. The zero-order chi connectivity index (χ0) is 35.2. The molecule has 6 fully saturated rings. The zero-order valence-corrected chi connectivity index (χ0v) is 31.5. The second-order valence-electron chi connectivity index (χ2n) is 19.8. The Balaban J connectivity index is 1.25. The van der Waals surface area contributed by atoms with Crippen molar-refractivity contribution in [1.82, 2.24) is 4.90 Å². The van der Waals surface area contributed by atoms with Gasteiger partial charge < -0.3 is 20.5 Å². The molecule has 7 heteroatoms. The van der Waals surface area contributed by atoms with Crippen molar-refractivity contribution in [2.45, 2.75) is 151 Å². The fraction of sp³-hybridized carbons (Fsp3) is 0.878. The maximum atomic E-state index is 13.8. The highest BCUT2D eigenvalue weighted by molar-refractivity contribution is 5.81. The van der Waals surface area contributed by atoms with Crippen LogP contribution < -0.4 is 5.73 Å². The van der Waals surface area contributed by atoms with Crippen LogP contribution in [0, 0.1) is 62.1 Å². The van der Waals surface area contributed by atoms with E-state index in [1.807, 2.05) is 0 Å². The number of carboxylic acids is 1. The number of aliphatic carboxylic acids is 1. The fourth-order valence-corrected chi connectivity index (χ4v) is 13.8. The largest absolute Gasteiger partial charge is 0.481 e. The first kappa shape index (κ1) is 35.9. The number of likely N-dealkylation sites (tertiary alicyclic amines) is 1. The van der Waals surface area contributed by atoms with Crippen molar-refractivity contribution in [3.63, 3.8) is 0 Å². The molecule has 0 bridgehead atoms. The molecule has 1 saturated heterocycles. The van der Waals surface area contributed by atoms with Crippen LogP contribution in [0.25, 0.3) is 0 Å². The van der Waals surface area contributed by atoms with Gasteiger partial charge in [0.15, 0.2) is 0 Å². The van der Waals surface area contributed by atoms with Crippen LogP contribution in [-0.4, -0.2) is 53.1 Å². The topological polar surface area (TPSA) is 110 Å². The normalized spacial score (nSPS) is 44.9. The van der Waals surface area contributed by atoms with E-state index in [1.54, 1.807) is 13.8 Å². The van der Waals surface area contributed by atoms with Crippen molar-refractivity contribution in [2.24, 2.45) is 67.8 Å². The van der Waals surface area contributed by atoms with E-state index in [9.17, 15) is 19.5 Å². The Hall–Kier alpha value is -1.89. The average molecular weight is 667 g/mol. The third-order valence-electron chi connectivity index (χ3n) is 16.7. The predicted octanol–water partition coefficient (Wildman–Crippen LogP) is 8.01. The van der Waals surface area contributed by atoms with Crippen molar-refractivity contribution < 1.29 is 24.2 Å². The van der Waals surface area contributed by atoms with Crippen molar-refractivity contribution in [2.75, 3.05) is 13.1 Å². The number of carbonyl (C=O) groups excluding carboxylic acids is 2. The molecule has 1 heterocycles. The number of nitrogens with two attached hydrogens (primary N) is 1. The van der Waals surface area contributed by atoms with Crippen LogP contribution in [0.3, 0.4) is 0 Å². The Labute approximate surface area is 290 Å². The molecule has 0 radical (unpaired) electrons. The van der Waals surface area contributed by atoms with Crippen molar-refractivity contribution >= 4 is 17.8 Å². The van der Waals surface area contributed by atoms with Crippen LogP contribution in [0.4, 0.5) is 0 Å². The third kappa shape index (κ3) is 5.32. The summed E-state index contributed by atoms with van der Waals surface area (Å²) >= 11 is 0. The van der Waals surface area contributed by atoms with Crippen molar-refractivity contribution in [3.05, 3.63) is 12.2 Å². The molecule has 48 heavy (non-hydrogen) atoms. The van der Waals surface area contributed by atoms with E-state index < -0.39 is 17.4 Å². The number of carbonyl (C=O) groups is 3. The monoisotopic (exact) mass is 666 g/mol. The van der Waals surface area contributed by atoms with Crippen LogP contribution in [0.1, 0.15) is 139 Å². The maximum absolute atomic E-state index is 13.8. The number of rotatable bonds is 7. The number of hydrogen-bond acceptors (Lipinski definition) is 5. The number of fused-ring (bicyclic) bond motifs is 7. The number of amides is 1. The SMILES string of the molecule is C=C(C)C1CC[C@]2(CC(=O)N3CC[C@@H](N)C3)CC[C@]3(C)[C@H](CC[C@@H]4[C@@]5(C)CC[C@H](OC(=O)CC(C)(C)C(=O)O)C(C)(C)[C@@H]5CC[C@]43C)[C@@H]12. The van der Waals surface area contributed by atoms with Gasteiger partial charge in [0.25, 0.3) is 0 Å². The van der Waals surface area contributed by atoms with E-state index >= 15 is 0 Å². The molecular formula is C41H66N2O5. The van der Waals surface area contributed by atoms with E-state index in [1.165, 1.54) is 31.3 Å². The van der Waals surface area contributed by atoms with Gasteiger partial charge in [-0.3, -0.25) is 14.4 Å². The van der Waals surface area contributed by atoms with Crippen molar-refractivity contribution in [3.8, 4) is 0 Å². The summed E-state index contributed by atoms with van der Waals surface area (Å²) in [6, 6.07) is 0.117. The molecule has 0 spiro atoms. The van der Waals surface area contributed by atoms with Crippen LogP contribution in [-0.2, 0) is 19.1 Å². The Morgan fingerprint density at radius 3 is 2.23 bits per heavy atom. The zero-order valence-electron chi connectivity index (χ0n) is 31.5. The highest BCUT2D eigenvalue weighted by Gasteiger charge is 2.71. The number of esters is 1. The first-order chi connectivity index (χ1) is 22.2. The fourth-order valence-electron chi connectivity index (χ4n) is 13.8. The van der Waals surface area contributed by atoms with Crippen molar-refractivity contribution in [1.29, 1.82) is 0 Å². The lowest BCUT2D eigenvalue weighted by Gasteiger charge is -2.73. The molecule has 7 nitrogen and oxygen atoms in total. The summed E-state index contributed by atoms with van der Waals surface area (Å²) in [5.41, 5.74) is 6.84. The molecule has 0 aromatic heterocycles. The average Bonchev–Trinajstić information content (AvgIpc) is 3.59. The molecular weight excluding hydrogens is 600 g/mol. The van der Waals surface area contributed by atoms with Gasteiger partial charge >= 0.3 is 11.9 Å². The molecule has 1 aliphatic heterocycles. The Kier molecular flexibility index (Phi) is 8.86. The smallest absolute Gasteiger partial charge is 0.309 e. The maximum Gasteiger partial charge on any atom is 0.309 e. The molecule has 6 rings (SSSR count). The van der Waals surface area contributed by atoms with Gasteiger partial charge in [-0.25, -0.2) is 0 Å². The second kappa shape index (κ2) is 11.8. The molecule has 3 N–H and O–H groups in total. The lowest BCUT2D eigenvalue weighted by molar-refractivity contribution is -0.250. The van der Waals surface area contributed by atoms with E-state index in [4.69, 9.17) is 10.5 Å². The van der Waals surface area contributed by atoms with E-state index in [0.717, 1.165) is 51.5 Å². The number of hydrogen-bond donors (Lipinski definition) is 2. The minimum absolute atomic E-state index is 0.0704. The van der Waals surface area contributed by atoms with Crippen LogP contribution >= 0.6 is 0 Å². The summed E-state index contributed by atoms with van der Waals surface area (Å²) in [6.07, 6.45) is 12.6. The van der Waals surface area contributed by atoms with Gasteiger partial charge in [0.05, 0.1) is 11.8 Å². The van der Waals surface area contributed by atoms with Gasteiger partial charge in [-0.2, -0.15) is 0 Å². The van der Waals surface area contributed by atoms with Gasteiger partial charge in [-0.15, -0.1) is 0 Å². The first-order valence-corrected chi connectivity index (χ1v) is 19.3. The first-order valence-electron chi connectivity index (χ1n) is 19.3. The highest BCUT2D eigenvalue weighted by Crippen LogP contribution is 2.78. The summed E-state index contributed by atoms with van der Waals surface area (Å²) in [4.78, 5) is 40.7. The number of carboxylic acid groups (broad SMARTS) is 1. The Morgan fingerprint density at radius 2 is 1.60 bits per heavy atom. The Bertz CT molecular complexity index is 1340. The standard InChI is InChI=1S/C41H66N2O5/c1-25(2)27-12-18-41(22-32(44)43-21-15-26(42)24-43)20-19-39(8)28(34(27)41)10-11-30-38(7)16-14-31(48-33(45)23-36(3,4)35(46)47)37(5,6)29(38)13-17-40(30,39)9/h26-31,34H,1,10-24,42H2,2-9H3,(H,46,47)/t26-,27?,28-,29+,30-,31+,34-,38+,39-,40-,41-/m1/s1. The molecule has 0 aromatic carbocycles. The summed E-state index contributed by atoms with van der Waals surface area (Å²) in [5.74, 6) is 1.59. The molecule has 6 aliphatic rings. The van der Waals surface area contributed by atoms with Crippen LogP contribution in [0.15, 0.2) is 12.2 Å². The molecule has 1 unspecified atom stereocenters. The predicted molar refractivity (Wildman–Crippen MR) is 189 cm³/mol. The number of allylic oxidation sites excluding steroid dienone is 1. The quantitative estimate of drug-likeness (QED) is 0.211. The number of ether oxygens (including phenoxy) is 1. The number of nitrogens with zero attached hydrogens (tertiary/aromatic N) is 1. The van der Waals surface area contributed by atoms with E-state index in [0.29, 0.717) is 48.5 Å². The lowest BCUT2D eigenvalue weighted by Crippen LogP contribution is -2.67. The van der Waals surface area contributed by atoms with E-state index in [2.05, 4.69) is 53.0 Å². The molecule has 5 saturated carbocycles. The van der Waals surface area contributed by atoms with Gasteiger partial charge in [0, 0.05) is 31.0 Å². The minimum Gasteiger partial charge on any atom is -0.481 e. The van der Waals surface area contributed by atoms with Gasteiger partial charge in [-0.05, 0) is 143 Å². The molecule has 0 aromatic rings. The Morgan fingerprint density at radius 1 is 0.896 bits per heavy atom.